The zero-order valence-corrected chi connectivity index (χ0v) is 12.8. The lowest BCUT2D eigenvalue weighted by molar-refractivity contribution is 0.0620. The molecule has 5 heteroatoms. The Kier molecular flexibility index (Phi) is 4.86. The van der Waals surface area contributed by atoms with Gasteiger partial charge in [-0.2, -0.15) is 0 Å². The normalized spacial score (nSPS) is 19.9. The van der Waals surface area contributed by atoms with Crippen molar-refractivity contribution in [2.45, 2.75) is 12.8 Å². The molecule has 1 fully saturated rings. The van der Waals surface area contributed by atoms with Crippen LogP contribution in [0.5, 0.6) is 0 Å². The number of carbonyl (C=O) groups is 1. The van der Waals surface area contributed by atoms with E-state index >= 15 is 0 Å². The number of aliphatic hydroxyl groups is 1. The molecule has 1 aliphatic heterocycles. The lowest BCUT2D eigenvalue weighted by Crippen LogP contribution is -2.40. The van der Waals surface area contributed by atoms with Crippen LogP contribution in [0.3, 0.4) is 0 Å². The quantitative estimate of drug-likeness (QED) is 0.803. The van der Waals surface area contributed by atoms with Crippen molar-refractivity contribution in [1.82, 2.24) is 4.90 Å². The summed E-state index contributed by atoms with van der Waals surface area (Å²) in [6, 6.07) is 5.37. The van der Waals surface area contributed by atoms with Gasteiger partial charge in [0.2, 0.25) is 0 Å². The van der Waals surface area contributed by atoms with Crippen molar-refractivity contribution >= 4 is 40.1 Å². The largest absolute Gasteiger partial charge is 0.396 e. The molecule has 1 atom stereocenters. The first kappa shape index (κ1) is 14.1. The average Bonchev–Trinajstić information content (AvgIpc) is 2.41. The summed E-state index contributed by atoms with van der Waals surface area (Å²) in [5.74, 6) is 0.216. The van der Waals surface area contributed by atoms with E-state index in [4.69, 9.17) is 11.6 Å². The first-order chi connectivity index (χ1) is 8.61. The van der Waals surface area contributed by atoms with Crippen molar-refractivity contribution in [2.24, 2.45) is 5.92 Å². The van der Waals surface area contributed by atoms with E-state index in [9.17, 15) is 9.90 Å². The van der Waals surface area contributed by atoms with Gasteiger partial charge in [-0.15, -0.1) is 0 Å². The van der Waals surface area contributed by atoms with Crippen molar-refractivity contribution in [1.29, 1.82) is 0 Å². The number of aliphatic hydroxyl groups excluding tert-OH is 1. The molecule has 1 aliphatic rings. The lowest BCUT2D eigenvalue weighted by atomic mass is 9.98. The van der Waals surface area contributed by atoms with Crippen LogP contribution < -0.4 is 0 Å². The maximum Gasteiger partial charge on any atom is 0.253 e. The fourth-order valence-electron chi connectivity index (χ4n) is 2.21. The van der Waals surface area contributed by atoms with Gasteiger partial charge in [-0.3, -0.25) is 4.79 Å². The van der Waals surface area contributed by atoms with Gasteiger partial charge in [0.25, 0.3) is 5.91 Å². The van der Waals surface area contributed by atoms with Gasteiger partial charge in [0.05, 0.1) is 5.02 Å². The summed E-state index contributed by atoms with van der Waals surface area (Å²) in [5.41, 5.74) is 0.624. The summed E-state index contributed by atoms with van der Waals surface area (Å²) < 4.78 is 0.942. The average molecular weight is 380 g/mol. The van der Waals surface area contributed by atoms with Gasteiger partial charge in [0.1, 0.15) is 0 Å². The number of piperidine rings is 1. The van der Waals surface area contributed by atoms with Gasteiger partial charge in [-0.05, 0) is 59.5 Å². The third-order valence-electron chi connectivity index (χ3n) is 3.23. The Morgan fingerprint density at radius 3 is 3.00 bits per heavy atom. The number of hydrogen-bond acceptors (Lipinski definition) is 2. The van der Waals surface area contributed by atoms with E-state index in [1.54, 1.807) is 12.1 Å². The highest BCUT2D eigenvalue weighted by Gasteiger charge is 2.24. The first-order valence-corrected chi connectivity index (χ1v) is 7.42. The molecule has 0 saturated carbocycles. The summed E-state index contributed by atoms with van der Waals surface area (Å²) >= 11 is 8.17. The molecule has 0 radical (unpaired) electrons. The fraction of sp³-hybridized carbons (Fsp3) is 0.462. The van der Waals surface area contributed by atoms with E-state index in [0.717, 1.165) is 23.0 Å². The zero-order valence-electron chi connectivity index (χ0n) is 9.90. The maximum atomic E-state index is 12.3. The minimum atomic E-state index is 0.00597. The molecule has 0 aromatic heterocycles. The minimum absolute atomic E-state index is 0.00597. The van der Waals surface area contributed by atoms with Crippen LogP contribution in [0.25, 0.3) is 0 Å². The number of nitrogens with zero attached hydrogens (tertiary/aromatic N) is 1. The van der Waals surface area contributed by atoms with Crippen molar-refractivity contribution in [2.75, 3.05) is 19.7 Å². The third-order valence-corrected chi connectivity index (χ3v) is 4.80. The van der Waals surface area contributed by atoms with Crippen LogP contribution in [0.15, 0.2) is 18.2 Å². The Balaban J connectivity index is 2.12. The monoisotopic (exact) mass is 379 g/mol. The molecule has 1 unspecified atom stereocenters. The molecule has 2 rings (SSSR count). The highest BCUT2D eigenvalue weighted by atomic mass is 127. The van der Waals surface area contributed by atoms with Crippen LogP contribution in [-0.2, 0) is 0 Å². The van der Waals surface area contributed by atoms with Crippen LogP contribution in [0.2, 0.25) is 5.02 Å². The van der Waals surface area contributed by atoms with Crippen molar-refractivity contribution in [3.63, 3.8) is 0 Å². The predicted molar refractivity (Wildman–Crippen MR) is 79.9 cm³/mol. The maximum absolute atomic E-state index is 12.3. The number of likely N-dealkylation sites (tertiary alicyclic amines) is 1. The summed E-state index contributed by atoms with van der Waals surface area (Å²) in [6.45, 7) is 1.55. The zero-order chi connectivity index (χ0) is 13.1. The molecule has 0 spiro atoms. The van der Waals surface area contributed by atoms with E-state index in [1.165, 1.54) is 0 Å². The second-order valence-electron chi connectivity index (χ2n) is 4.57. The molecule has 98 valence electrons. The number of carbonyl (C=O) groups excluding carboxylic acids is 1. The third kappa shape index (κ3) is 3.16. The van der Waals surface area contributed by atoms with Crippen LogP contribution in [0, 0.1) is 9.49 Å². The fourth-order valence-corrected chi connectivity index (χ4v) is 2.73. The van der Waals surface area contributed by atoms with E-state index in [0.29, 0.717) is 17.1 Å². The van der Waals surface area contributed by atoms with Gasteiger partial charge in [0.15, 0.2) is 0 Å². The standard InChI is InChI=1S/C13H15ClINO2/c14-11-6-10(3-4-12(11)15)13(18)16-5-1-2-9(7-16)8-17/h3-4,6,9,17H,1-2,5,7-8H2. The molecule has 3 nitrogen and oxygen atoms in total. The van der Waals surface area contributed by atoms with E-state index in [-0.39, 0.29) is 18.4 Å². The number of halogens is 2. The van der Waals surface area contributed by atoms with E-state index < -0.39 is 0 Å². The molecule has 18 heavy (non-hydrogen) atoms. The van der Waals surface area contributed by atoms with Crippen LogP contribution in [0.1, 0.15) is 23.2 Å². The Morgan fingerprint density at radius 2 is 2.33 bits per heavy atom. The molecule has 1 heterocycles. The van der Waals surface area contributed by atoms with Crippen LogP contribution in [0.4, 0.5) is 0 Å². The smallest absolute Gasteiger partial charge is 0.253 e. The van der Waals surface area contributed by atoms with Crippen molar-refractivity contribution < 1.29 is 9.90 Å². The second kappa shape index (κ2) is 6.21. The van der Waals surface area contributed by atoms with E-state index in [1.807, 2.05) is 11.0 Å². The van der Waals surface area contributed by atoms with Gasteiger partial charge in [-0.25, -0.2) is 0 Å². The van der Waals surface area contributed by atoms with Gasteiger partial charge in [0, 0.05) is 28.8 Å². The first-order valence-electron chi connectivity index (χ1n) is 5.97. The molecular weight excluding hydrogens is 365 g/mol. The molecular formula is C13H15ClINO2. The topological polar surface area (TPSA) is 40.5 Å². The molecule has 1 N–H and O–H groups in total. The Bertz CT molecular complexity index is 453. The number of amides is 1. The molecule has 0 aliphatic carbocycles. The Morgan fingerprint density at radius 1 is 1.56 bits per heavy atom. The van der Waals surface area contributed by atoms with Crippen LogP contribution in [-0.4, -0.2) is 35.6 Å². The van der Waals surface area contributed by atoms with E-state index in [2.05, 4.69) is 22.6 Å². The molecule has 1 saturated heterocycles. The van der Waals surface area contributed by atoms with Gasteiger partial charge in [-0.1, -0.05) is 11.6 Å². The SMILES string of the molecule is O=C(c1ccc(I)c(Cl)c1)N1CCCC(CO)C1. The Labute approximate surface area is 125 Å². The molecule has 0 bridgehead atoms. The second-order valence-corrected chi connectivity index (χ2v) is 6.14. The highest BCUT2D eigenvalue weighted by Crippen LogP contribution is 2.22. The highest BCUT2D eigenvalue weighted by molar-refractivity contribution is 14.1. The molecule has 1 aromatic carbocycles. The minimum Gasteiger partial charge on any atom is -0.396 e. The number of rotatable bonds is 2. The summed E-state index contributed by atoms with van der Waals surface area (Å²) in [6.07, 6.45) is 1.95. The Hall–Kier alpha value is -0.330. The number of benzene rings is 1. The predicted octanol–water partition coefficient (Wildman–Crippen LogP) is 2.79. The van der Waals surface area contributed by atoms with Crippen molar-refractivity contribution in [3.8, 4) is 0 Å². The summed E-state index contributed by atoms with van der Waals surface area (Å²) in [5, 5.41) is 9.79. The lowest BCUT2D eigenvalue weighted by Gasteiger charge is -2.32. The number of hydrogen-bond donors (Lipinski definition) is 1. The van der Waals surface area contributed by atoms with Gasteiger partial charge >= 0.3 is 0 Å². The van der Waals surface area contributed by atoms with Crippen molar-refractivity contribution in [3.05, 3.63) is 32.4 Å². The summed E-state index contributed by atoms with van der Waals surface area (Å²) in [7, 11) is 0. The molecule has 1 amide bonds. The molecule has 1 aromatic rings. The van der Waals surface area contributed by atoms with Gasteiger partial charge < -0.3 is 10.0 Å². The van der Waals surface area contributed by atoms with Crippen LogP contribution >= 0.6 is 34.2 Å². The summed E-state index contributed by atoms with van der Waals surface area (Å²) in [4.78, 5) is 14.1.